The number of hydrogen-bond acceptors (Lipinski definition) is 11. The van der Waals surface area contributed by atoms with Crippen molar-refractivity contribution in [3.63, 3.8) is 0 Å². The zero-order valence-corrected chi connectivity index (χ0v) is 36.6. The summed E-state index contributed by atoms with van der Waals surface area (Å²) in [6, 6.07) is 37.8. The highest BCUT2D eigenvalue weighted by Gasteiger charge is 2.04. The molecule has 0 saturated carbocycles. The van der Waals surface area contributed by atoms with E-state index in [2.05, 4.69) is 68.0 Å². The molecule has 334 valence electrons. The molecule has 0 fully saturated rings. The maximum atomic E-state index is 11.0. The van der Waals surface area contributed by atoms with Crippen LogP contribution >= 0.6 is 0 Å². The van der Waals surface area contributed by atoms with Crippen LogP contribution < -0.4 is 9.47 Å². The van der Waals surface area contributed by atoms with Crippen molar-refractivity contribution in [3.05, 3.63) is 174 Å². The molecule has 65 heavy (non-hydrogen) atoms. The molecule has 0 amide bonds. The van der Waals surface area contributed by atoms with E-state index in [1.165, 1.54) is 0 Å². The van der Waals surface area contributed by atoms with Gasteiger partial charge in [-0.15, -0.1) is 0 Å². The van der Waals surface area contributed by atoms with Crippen LogP contribution in [0.1, 0.15) is 33.4 Å². The Labute approximate surface area is 381 Å². The van der Waals surface area contributed by atoms with Gasteiger partial charge in [-0.3, -0.25) is 4.99 Å². The van der Waals surface area contributed by atoms with Gasteiger partial charge in [-0.2, -0.15) is 0 Å². The molecule has 0 bridgehead atoms. The molecule has 0 heterocycles. The first-order valence-corrected chi connectivity index (χ1v) is 21.1. The highest BCUT2D eigenvalue weighted by atomic mass is 16.6. The van der Waals surface area contributed by atoms with Crippen molar-refractivity contribution >= 4 is 23.8 Å². The number of nitrogens with zero attached hydrogens (tertiary/aromatic N) is 1. The molecule has 5 rings (SSSR count). The minimum Gasteiger partial charge on any atom is -0.491 e. The molecule has 0 atom stereocenters. The second-order valence-corrected chi connectivity index (χ2v) is 13.9. The number of benzene rings is 5. The molecule has 5 aromatic rings. The van der Waals surface area contributed by atoms with Gasteiger partial charge in [0.25, 0.3) is 0 Å². The Hall–Kier alpha value is -7.25. The van der Waals surface area contributed by atoms with Gasteiger partial charge >= 0.3 is 11.9 Å². The number of ether oxygens (including phenoxy) is 8. The highest BCUT2D eigenvalue weighted by molar-refractivity contribution is 5.83. The van der Waals surface area contributed by atoms with E-state index in [1.54, 1.807) is 0 Å². The van der Waals surface area contributed by atoms with E-state index in [9.17, 15) is 9.59 Å². The smallest absolute Gasteiger partial charge is 0.330 e. The van der Waals surface area contributed by atoms with E-state index in [0.29, 0.717) is 66.1 Å². The van der Waals surface area contributed by atoms with E-state index >= 15 is 0 Å². The summed E-state index contributed by atoms with van der Waals surface area (Å²) in [5.41, 5.74) is 8.76. The van der Waals surface area contributed by atoms with E-state index in [0.717, 1.165) is 73.8 Å². The number of esters is 2. The van der Waals surface area contributed by atoms with Crippen LogP contribution in [0.4, 0.5) is 5.69 Å². The van der Waals surface area contributed by atoms with Gasteiger partial charge in [0.05, 0.1) is 58.5 Å². The summed E-state index contributed by atoms with van der Waals surface area (Å²) in [6.07, 6.45) is 4.10. The standard InChI is InChI=1S/C54H53NO10/c1-4-53(56)64-38-34-60-30-28-58-32-36-62-50-23-16-45(17-24-50)8-6-43-10-12-47(13-11-43)41-55-52-27-22-49(40-42(52)3)48-20-14-44(15-21-48)7-9-46-18-25-51(26-19-46)63-37-33-59-29-31-61-35-39-65-54(57)5-2/h4-5,10-27,40-41H,1-2,28-39H2,3H3. The van der Waals surface area contributed by atoms with E-state index in [1.807, 2.05) is 97.2 Å². The van der Waals surface area contributed by atoms with Gasteiger partial charge in [0.1, 0.15) is 37.9 Å². The van der Waals surface area contributed by atoms with Crippen LogP contribution in [0.5, 0.6) is 11.5 Å². The summed E-state index contributed by atoms with van der Waals surface area (Å²) >= 11 is 0. The predicted molar refractivity (Wildman–Crippen MR) is 252 cm³/mol. The molecule has 0 aliphatic rings. The molecule has 0 spiro atoms. The molecule has 0 saturated heterocycles. The summed E-state index contributed by atoms with van der Waals surface area (Å²) in [4.78, 5) is 26.7. The number of hydrogen-bond donors (Lipinski definition) is 0. The number of aryl methyl sites for hydroxylation is 1. The van der Waals surface area contributed by atoms with E-state index in [4.69, 9.17) is 42.9 Å². The van der Waals surface area contributed by atoms with Gasteiger partial charge in [0, 0.05) is 40.6 Å². The third-order valence-corrected chi connectivity index (χ3v) is 9.10. The van der Waals surface area contributed by atoms with E-state index < -0.39 is 11.9 Å². The molecule has 0 aliphatic carbocycles. The molecular weight excluding hydrogens is 823 g/mol. The molecule has 0 aromatic heterocycles. The lowest BCUT2D eigenvalue weighted by atomic mass is 10.0. The molecule has 0 aliphatic heterocycles. The summed E-state index contributed by atoms with van der Waals surface area (Å²) in [6.45, 7) is 13.0. The van der Waals surface area contributed by atoms with Crippen LogP contribution in [-0.2, 0) is 38.0 Å². The van der Waals surface area contributed by atoms with Gasteiger partial charge in [-0.1, -0.05) is 67.2 Å². The highest BCUT2D eigenvalue weighted by Crippen LogP contribution is 2.27. The van der Waals surface area contributed by atoms with Gasteiger partial charge in [0.2, 0.25) is 0 Å². The van der Waals surface area contributed by atoms with Crippen molar-refractivity contribution in [3.8, 4) is 46.3 Å². The molecule has 0 N–H and O–H groups in total. The van der Waals surface area contributed by atoms with Crippen molar-refractivity contribution in [1.82, 2.24) is 0 Å². The number of rotatable bonds is 25. The summed E-state index contributed by atoms with van der Waals surface area (Å²) in [5.74, 6) is 13.4. The average Bonchev–Trinajstić information content (AvgIpc) is 3.34. The quantitative estimate of drug-likeness (QED) is 0.0186. The summed E-state index contributed by atoms with van der Waals surface area (Å²) in [7, 11) is 0. The first-order chi connectivity index (χ1) is 31.9. The second kappa shape index (κ2) is 28.4. The van der Waals surface area contributed by atoms with Crippen LogP contribution in [0.2, 0.25) is 0 Å². The van der Waals surface area contributed by atoms with E-state index in [-0.39, 0.29) is 13.2 Å². The Kier molecular flexibility index (Phi) is 21.3. The minimum atomic E-state index is -0.466. The number of carbonyl (C=O) groups excluding carboxylic acids is 2. The largest absolute Gasteiger partial charge is 0.491 e. The third kappa shape index (κ3) is 18.9. The van der Waals surface area contributed by atoms with Crippen LogP contribution in [0.15, 0.2) is 146 Å². The Morgan fingerprint density at radius 1 is 0.477 bits per heavy atom. The normalized spacial score (nSPS) is 10.5. The van der Waals surface area contributed by atoms with Crippen LogP contribution in [0, 0.1) is 30.6 Å². The maximum Gasteiger partial charge on any atom is 0.330 e. The lowest BCUT2D eigenvalue weighted by Gasteiger charge is -2.08. The number of carbonyl (C=O) groups is 2. The fourth-order valence-corrected chi connectivity index (χ4v) is 5.68. The lowest BCUT2D eigenvalue weighted by Crippen LogP contribution is -2.13. The molecule has 0 unspecified atom stereocenters. The van der Waals surface area contributed by atoms with Gasteiger partial charge in [0.15, 0.2) is 0 Å². The third-order valence-electron chi connectivity index (χ3n) is 9.10. The Morgan fingerprint density at radius 3 is 1.26 bits per heavy atom. The topological polar surface area (TPSA) is 120 Å². The SMILES string of the molecule is C=CC(=O)OCCOCCOCCOc1ccc(C#Cc2ccc(C=Nc3ccc(-c4ccc(C#Cc5ccc(OCCOCCOCCOC(=O)C=C)cc5)cc4)cc3C)cc2)cc1. The first-order valence-electron chi connectivity index (χ1n) is 21.1. The Balaban J connectivity index is 0.984. The Bertz CT molecular complexity index is 2420. The lowest BCUT2D eigenvalue weighted by molar-refractivity contribution is -0.140. The zero-order valence-electron chi connectivity index (χ0n) is 36.6. The average molecular weight is 876 g/mol. The monoisotopic (exact) mass is 875 g/mol. The summed E-state index contributed by atoms with van der Waals surface area (Å²) < 4.78 is 42.9. The summed E-state index contributed by atoms with van der Waals surface area (Å²) in [5, 5.41) is 0. The van der Waals surface area contributed by atoms with Crippen molar-refractivity contribution in [2.24, 2.45) is 4.99 Å². The molecule has 5 aromatic carbocycles. The maximum absolute atomic E-state index is 11.0. The van der Waals surface area contributed by atoms with Crippen molar-refractivity contribution in [1.29, 1.82) is 0 Å². The second-order valence-electron chi connectivity index (χ2n) is 13.9. The van der Waals surface area contributed by atoms with Gasteiger partial charge in [-0.25, -0.2) is 9.59 Å². The van der Waals surface area contributed by atoms with Crippen LogP contribution in [0.25, 0.3) is 11.1 Å². The van der Waals surface area contributed by atoms with Gasteiger partial charge in [-0.05, 0) is 114 Å². The zero-order chi connectivity index (χ0) is 45.7. The van der Waals surface area contributed by atoms with Crippen LogP contribution in [-0.4, -0.2) is 97.4 Å². The molecule has 11 heteroatoms. The molecule has 11 nitrogen and oxygen atoms in total. The first kappa shape index (κ1) is 48.8. The number of aliphatic imine (C=N–C) groups is 1. The van der Waals surface area contributed by atoms with Crippen LogP contribution in [0.3, 0.4) is 0 Å². The van der Waals surface area contributed by atoms with Crippen molar-refractivity contribution in [2.45, 2.75) is 6.92 Å². The fraction of sp³-hybridized carbons (Fsp3) is 0.241. The minimum absolute atomic E-state index is 0.184. The predicted octanol–water partition coefficient (Wildman–Crippen LogP) is 8.49. The van der Waals surface area contributed by atoms with Gasteiger partial charge < -0.3 is 37.9 Å². The fourth-order valence-electron chi connectivity index (χ4n) is 5.68. The van der Waals surface area contributed by atoms with Crippen molar-refractivity contribution in [2.75, 3.05) is 79.3 Å². The molecule has 0 radical (unpaired) electrons. The molecular formula is C54H53NO10. The van der Waals surface area contributed by atoms with Crippen molar-refractivity contribution < 1.29 is 47.5 Å². The Morgan fingerprint density at radius 2 is 0.846 bits per heavy atom.